The smallest absolute Gasteiger partial charge is 0.238 e. The summed E-state index contributed by atoms with van der Waals surface area (Å²) in [6.07, 6.45) is 0. The molecule has 1 aliphatic heterocycles. The van der Waals surface area contributed by atoms with E-state index in [1.54, 1.807) is 0 Å². The van der Waals surface area contributed by atoms with Crippen molar-refractivity contribution in [2.24, 2.45) is 0 Å². The van der Waals surface area contributed by atoms with Crippen molar-refractivity contribution in [1.29, 1.82) is 0 Å². The van der Waals surface area contributed by atoms with Crippen molar-refractivity contribution in [2.75, 3.05) is 18.4 Å². The largest absolute Gasteiger partial charge is 0.366 e. The Morgan fingerprint density at radius 2 is 1.67 bits per heavy atom. The Kier molecular flexibility index (Phi) is 4.86. The van der Waals surface area contributed by atoms with Crippen LogP contribution in [0.2, 0.25) is 0 Å². The van der Waals surface area contributed by atoms with Crippen molar-refractivity contribution in [3.63, 3.8) is 0 Å². The molecule has 4 nitrogen and oxygen atoms in total. The van der Waals surface area contributed by atoms with E-state index in [2.05, 4.69) is 51.8 Å². The molecule has 0 radical (unpaired) electrons. The molecular weight excluding hydrogens is 300 g/mol. The van der Waals surface area contributed by atoms with Gasteiger partial charge in [-0.25, -0.2) is 0 Å². The van der Waals surface area contributed by atoms with Gasteiger partial charge < -0.3 is 10.1 Å². The molecule has 1 heterocycles. The molecule has 1 fully saturated rings. The highest BCUT2D eigenvalue weighted by Crippen LogP contribution is 2.40. The summed E-state index contributed by atoms with van der Waals surface area (Å²) in [7, 11) is 0. The van der Waals surface area contributed by atoms with Crippen LogP contribution in [0, 0.1) is 13.8 Å². The number of amides is 1. The first kappa shape index (κ1) is 18.9. The molecule has 0 saturated carbocycles. The van der Waals surface area contributed by atoms with Crippen LogP contribution in [0.1, 0.15) is 52.7 Å². The van der Waals surface area contributed by atoms with Gasteiger partial charge in [0, 0.05) is 17.8 Å². The van der Waals surface area contributed by atoms with E-state index < -0.39 is 0 Å². The minimum Gasteiger partial charge on any atom is -0.366 e. The summed E-state index contributed by atoms with van der Waals surface area (Å²) in [4.78, 5) is 14.9. The average Bonchev–Trinajstić information content (AvgIpc) is 2.39. The topological polar surface area (TPSA) is 41.6 Å². The summed E-state index contributed by atoms with van der Waals surface area (Å²) in [6.45, 7) is 17.8. The standard InChI is InChI=1S/C20H32N2O2/c1-14-10-9-11-15(2)17(14)21-16(23)12-22-13-18(3,4)24-20(7,8)19(22,5)6/h9-11H,12-13H2,1-8H3,(H,21,23). The summed E-state index contributed by atoms with van der Waals surface area (Å²) in [5.74, 6) is 0.0222. The highest BCUT2D eigenvalue weighted by Gasteiger charge is 2.51. The molecule has 4 heteroatoms. The molecule has 134 valence electrons. The third kappa shape index (κ3) is 3.65. The number of ether oxygens (including phenoxy) is 1. The molecule has 0 atom stereocenters. The van der Waals surface area contributed by atoms with Gasteiger partial charge in [-0.3, -0.25) is 9.69 Å². The number of para-hydroxylation sites is 1. The Bertz CT molecular complexity index is 612. The minimum atomic E-state index is -0.340. The van der Waals surface area contributed by atoms with Gasteiger partial charge in [0.25, 0.3) is 0 Å². The second kappa shape index (κ2) is 6.16. The van der Waals surface area contributed by atoms with E-state index in [0.29, 0.717) is 6.54 Å². The summed E-state index contributed by atoms with van der Waals surface area (Å²) in [5.41, 5.74) is 2.24. The summed E-state index contributed by atoms with van der Waals surface area (Å²) in [5, 5.41) is 3.10. The molecular formula is C20H32N2O2. The SMILES string of the molecule is Cc1cccc(C)c1NC(=O)CN1CC(C)(C)OC(C)(C)C1(C)C. The number of aryl methyl sites for hydroxylation is 2. The van der Waals surface area contributed by atoms with Crippen LogP contribution >= 0.6 is 0 Å². The van der Waals surface area contributed by atoms with Gasteiger partial charge in [-0.2, -0.15) is 0 Å². The molecule has 1 N–H and O–H groups in total. The number of hydrogen-bond donors (Lipinski definition) is 1. The fourth-order valence-electron chi connectivity index (χ4n) is 3.50. The maximum absolute atomic E-state index is 12.7. The van der Waals surface area contributed by atoms with Gasteiger partial charge in [0.2, 0.25) is 5.91 Å². The van der Waals surface area contributed by atoms with Crippen LogP contribution in [0.3, 0.4) is 0 Å². The maximum Gasteiger partial charge on any atom is 0.238 e. The maximum atomic E-state index is 12.7. The lowest BCUT2D eigenvalue weighted by atomic mass is 9.80. The fourth-order valence-corrected chi connectivity index (χ4v) is 3.50. The number of rotatable bonds is 3. The van der Waals surface area contributed by atoms with Crippen LogP contribution < -0.4 is 5.32 Å². The van der Waals surface area contributed by atoms with Crippen LogP contribution in [0.4, 0.5) is 5.69 Å². The summed E-state index contributed by atoms with van der Waals surface area (Å²) in [6, 6.07) is 6.05. The van der Waals surface area contributed by atoms with Gasteiger partial charge >= 0.3 is 0 Å². The van der Waals surface area contributed by atoms with E-state index in [1.165, 1.54) is 0 Å². The second-order valence-electron chi connectivity index (χ2n) is 8.60. The van der Waals surface area contributed by atoms with Crippen molar-refractivity contribution in [2.45, 2.75) is 72.1 Å². The first-order valence-corrected chi connectivity index (χ1v) is 8.67. The molecule has 24 heavy (non-hydrogen) atoms. The second-order valence-corrected chi connectivity index (χ2v) is 8.60. The highest BCUT2D eigenvalue weighted by atomic mass is 16.5. The van der Waals surface area contributed by atoms with Crippen molar-refractivity contribution < 1.29 is 9.53 Å². The zero-order valence-electron chi connectivity index (χ0n) is 16.4. The van der Waals surface area contributed by atoms with E-state index >= 15 is 0 Å². The highest BCUT2D eigenvalue weighted by molar-refractivity contribution is 5.93. The molecule has 0 spiro atoms. The summed E-state index contributed by atoms with van der Waals surface area (Å²) < 4.78 is 6.27. The lowest BCUT2D eigenvalue weighted by Crippen LogP contribution is -2.69. The van der Waals surface area contributed by atoms with Crippen molar-refractivity contribution in [1.82, 2.24) is 4.90 Å². The number of nitrogens with one attached hydrogen (secondary N) is 1. The zero-order chi connectivity index (χ0) is 18.3. The third-order valence-corrected chi connectivity index (χ3v) is 5.45. The van der Waals surface area contributed by atoms with Crippen LogP contribution in [0.15, 0.2) is 18.2 Å². The van der Waals surface area contributed by atoms with Crippen LogP contribution in [0.5, 0.6) is 0 Å². The average molecular weight is 332 g/mol. The number of benzene rings is 1. The van der Waals surface area contributed by atoms with Crippen LogP contribution in [-0.4, -0.2) is 40.6 Å². The number of carbonyl (C=O) groups is 1. The van der Waals surface area contributed by atoms with Crippen LogP contribution in [-0.2, 0) is 9.53 Å². The molecule has 1 aliphatic rings. The number of anilines is 1. The third-order valence-electron chi connectivity index (χ3n) is 5.45. The number of morpholine rings is 1. The first-order chi connectivity index (χ1) is 10.9. The number of hydrogen-bond acceptors (Lipinski definition) is 3. The van der Waals surface area contributed by atoms with E-state index in [9.17, 15) is 4.79 Å². The Morgan fingerprint density at radius 3 is 2.21 bits per heavy atom. The first-order valence-electron chi connectivity index (χ1n) is 8.67. The van der Waals surface area contributed by atoms with Gasteiger partial charge in [-0.05, 0) is 66.5 Å². The summed E-state index contributed by atoms with van der Waals surface area (Å²) >= 11 is 0. The van der Waals surface area contributed by atoms with Gasteiger partial charge in [0.15, 0.2) is 0 Å². The van der Waals surface area contributed by atoms with Gasteiger partial charge in [0.05, 0.1) is 17.7 Å². The molecule has 0 aromatic heterocycles. The van der Waals surface area contributed by atoms with E-state index in [0.717, 1.165) is 23.4 Å². The predicted molar refractivity (Wildman–Crippen MR) is 99.4 cm³/mol. The van der Waals surface area contributed by atoms with Crippen molar-refractivity contribution >= 4 is 11.6 Å². The Labute approximate surface area is 146 Å². The molecule has 1 aromatic rings. The van der Waals surface area contributed by atoms with Gasteiger partial charge in [0.1, 0.15) is 0 Å². The quantitative estimate of drug-likeness (QED) is 0.912. The van der Waals surface area contributed by atoms with E-state index in [1.807, 2.05) is 32.0 Å². The molecule has 1 aromatic carbocycles. The molecule has 0 unspecified atom stereocenters. The Hall–Kier alpha value is -1.39. The molecule has 0 aliphatic carbocycles. The lowest BCUT2D eigenvalue weighted by Gasteiger charge is -2.58. The van der Waals surface area contributed by atoms with Crippen molar-refractivity contribution in [3.8, 4) is 0 Å². The number of nitrogens with zero attached hydrogens (tertiary/aromatic N) is 1. The monoisotopic (exact) mass is 332 g/mol. The lowest BCUT2D eigenvalue weighted by molar-refractivity contribution is -0.237. The zero-order valence-corrected chi connectivity index (χ0v) is 16.4. The normalized spacial score (nSPS) is 22.2. The molecule has 0 bridgehead atoms. The van der Waals surface area contributed by atoms with Crippen molar-refractivity contribution in [3.05, 3.63) is 29.3 Å². The molecule has 1 saturated heterocycles. The van der Waals surface area contributed by atoms with E-state index in [4.69, 9.17) is 4.74 Å². The van der Waals surface area contributed by atoms with Gasteiger partial charge in [-0.1, -0.05) is 18.2 Å². The van der Waals surface area contributed by atoms with E-state index in [-0.39, 0.29) is 22.6 Å². The Balaban J connectivity index is 2.18. The van der Waals surface area contributed by atoms with Crippen LogP contribution in [0.25, 0.3) is 0 Å². The fraction of sp³-hybridized carbons (Fsp3) is 0.650. The minimum absolute atomic E-state index is 0.0222. The molecule has 2 rings (SSSR count). The Morgan fingerprint density at radius 1 is 1.12 bits per heavy atom. The number of carbonyl (C=O) groups excluding carboxylic acids is 1. The van der Waals surface area contributed by atoms with Gasteiger partial charge in [-0.15, -0.1) is 0 Å². The molecule has 1 amide bonds. The predicted octanol–water partition coefficient (Wildman–Crippen LogP) is 3.91.